The number of amides is 1. The summed E-state index contributed by atoms with van der Waals surface area (Å²) in [5.74, 6) is 0.633. The molecule has 0 spiro atoms. The van der Waals surface area contributed by atoms with Crippen molar-refractivity contribution in [1.29, 1.82) is 0 Å². The molecule has 2 aromatic heterocycles. The molecule has 100 valence electrons. The van der Waals surface area contributed by atoms with Crippen molar-refractivity contribution in [3.8, 4) is 17.3 Å². The van der Waals surface area contributed by atoms with Crippen LogP contribution in [0.15, 0.2) is 36.5 Å². The van der Waals surface area contributed by atoms with Gasteiger partial charge in [-0.25, -0.2) is 9.97 Å². The molecule has 2 heterocycles. The number of hydrogen-bond donors (Lipinski definition) is 2. The van der Waals surface area contributed by atoms with E-state index in [-0.39, 0.29) is 0 Å². The van der Waals surface area contributed by atoms with Gasteiger partial charge in [0.1, 0.15) is 11.3 Å². The van der Waals surface area contributed by atoms with Crippen LogP contribution in [0.3, 0.4) is 0 Å². The number of nitrogens with zero attached hydrogens (tertiary/aromatic N) is 2. The number of carbonyl (C=O) groups excluding carboxylic acids is 1. The molecule has 0 unspecified atom stereocenters. The van der Waals surface area contributed by atoms with E-state index in [0.717, 1.165) is 11.1 Å². The van der Waals surface area contributed by atoms with Crippen LogP contribution in [0.4, 0.5) is 0 Å². The second-order valence-electron chi connectivity index (χ2n) is 4.24. The van der Waals surface area contributed by atoms with Crippen LogP contribution in [-0.4, -0.2) is 28.0 Å². The number of pyridine rings is 1. The number of aromatic amines is 1. The largest absolute Gasteiger partial charge is 0.481 e. The summed E-state index contributed by atoms with van der Waals surface area (Å²) >= 11 is 0. The number of nitrogens with two attached hydrogens (primary N) is 1. The number of benzene rings is 1. The molecule has 1 aromatic carbocycles. The van der Waals surface area contributed by atoms with Gasteiger partial charge in [-0.05, 0) is 18.2 Å². The Morgan fingerprint density at radius 3 is 2.95 bits per heavy atom. The number of aromatic nitrogens is 3. The number of ether oxygens (including phenoxy) is 1. The smallest absolute Gasteiger partial charge is 0.250 e. The van der Waals surface area contributed by atoms with Crippen LogP contribution >= 0.6 is 0 Å². The molecule has 0 bridgehead atoms. The van der Waals surface area contributed by atoms with E-state index >= 15 is 0 Å². The van der Waals surface area contributed by atoms with Crippen LogP contribution in [0.25, 0.3) is 22.4 Å². The fraction of sp³-hybridized carbons (Fsp3) is 0.0714. The van der Waals surface area contributed by atoms with Crippen LogP contribution < -0.4 is 10.5 Å². The molecule has 20 heavy (non-hydrogen) atoms. The number of imidazole rings is 1. The second-order valence-corrected chi connectivity index (χ2v) is 4.24. The van der Waals surface area contributed by atoms with Gasteiger partial charge in [0.2, 0.25) is 5.88 Å². The minimum absolute atomic E-state index is 0.394. The summed E-state index contributed by atoms with van der Waals surface area (Å²) in [4.78, 5) is 23.0. The SMILES string of the molecule is COc1cc(-c2nc3c(C(N)=O)cccc3[nH]2)ccn1. The Hall–Kier alpha value is -2.89. The van der Waals surface area contributed by atoms with Crippen LogP contribution in [0.2, 0.25) is 0 Å². The monoisotopic (exact) mass is 268 g/mol. The maximum atomic E-state index is 11.4. The lowest BCUT2D eigenvalue weighted by molar-refractivity contribution is 0.100. The lowest BCUT2D eigenvalue weighted by Gasteiger charge is -2.00. The highest BCUT2D eigenvalue weighted by molar-refractivity contribution is 6.04. The maximum Gasteiger partial charge on any atom is 0.250 e. The molecule has 6 heteroatoms. The van der Waals surface area contributed by atoms with Gasteiger partial charge in [0, 0.05) is 17.8 Å². The summed E-state index contributed by atoms with van der Waals surface area (Å²) in [7, 11) is 1.55. The van der Waals surface area contributed by atoms with Crippen molar-refractivity contribution in [3.05, 3.63) is 42.1 Å². The summed E-state index contributed by atoms with van der Waals surface area (Å²) in [6.07, 6.45) is 1.64. The fourth-order valence-corrected chi connectivity index (χ4v) is 2.04. The van der Waals surface area contributed by atoms with E-state index in [1.54, 1.807) is 31.5 Å². The molecule has 0 aliphatic carbocycles. The van der Waals surface area contributed by atoms with Gasteiger partial charge in [0.05, 0.1) is 18.2 Å². The minimum atomic E-state index is -0.499. The normalized spacial score (nSPS) is 10.7. The van der Waals surface area contributed by atoms with Crippen molar-refractivity contribution in [2.24, 2.45) is 5.73 Å². The predicted octanol–water partition coefficient (Wildman–Crippen LogP) is 1.73. The van der Waals surface area contributed by atoms with E-state index in [9.17, 15) is 4.79 Å². The number of fused-ring (bicyclic) bond motifs is 1. The Balaban J connectivity index is 2.17. The van der Waals surface area contributed by atoms with Crippen molar-refractivity contribution in [2.45, 2.75) is 0 Å². The van der Waals surface area contributed by atoms with Crippen LogP contribution in [-0.2, 0) is 0 Å². The van der Waals surface area contributed by atoms with E-state index in [1.807, 2.05) is 12.1 Å². The average Bonchev–Trinajstić information content (AvgIpc) is 2.91. The quantitative estimate of drug-likeness (QED) is 0.756. The fourth-order valence-electron chi connectivity index (χ4n) is 2.04. The van der Waals surface area contributed by atoms with Crippen molar-refractivity contribution in [3.63, 3.8) is 0 Å². The number of H-pyrrole nitrogens is 1. The molecule has 3 aromatic rings. The number of nitrogens with one attached hydrogen (secondary N) is 1. The molecule has 0 saturated heterocycles. The average molecular weight is 268 g/mol. The zero-order valence-electron chi connectivity index (χ0n) is 10.8. The van der Waals surface area contributed by atoms with Gasteiger partial charge in [-0.15, -0.1) is 0 Å². The van der Waals surface area contributed by atoms with E-state index in [2.05, 4.69) is 15.0 Å². The number of carbonyl (C=O) groups is 1. The van der Waals surface area contributed by atoms with E-state index in [0.29, 0.717) is 22.8 Å². The van der Waals surface area contributed by atoms with Gasteiger partial charge >= 0.3 is 0 Å². The molecule has 0 aliphatic heterocycles. The number of primary amides is 1. The number of hydrogen-bond acceptors (Lipinski definition) is 4. The summed E-state index contributed by atoms with van der Waals surface area (Å²) < 4.78 is 5.09. The second kappa shape index (κ2) is 4.65. The van der Waals surface area contributed by atoms with Crippen LogP contribution in [0, 0.1) is 0 Å². The molecule has 0 aliphatic rings. The predicted molar refractivity (Wildman–Crippen MR) is 74.4 cm³/mol. The van der Waals surface area contributed by atoms with Crippen molar-refractivity contribution in [2.75, 3.05) is 7.11 Å². The lowest BCUT2D eigenvalue weighted by Crippen LogP contribution is -2.11. The van der Waals surface area contributed by atoms with Crippen LogP contribution in [0.5, 0.6) is 5.88 Å². The van der Waals surface area contributed by atoms with E-state index in [1.165, 1.54) is 0 Å². The molecule has 3 N–H and O–H groups in total. The van der Waals surface area contributed by atoms with E-state index in [4.69, 9.17) is 10.5 Å². The minimum Gasteiger partial charge on any atom is -0.481 e. The molecule has 0 atom stereocenters. The standard InChI is InChI=1S/C14H12N4O2/c1-20-11-7-8(5-6-16-11)14-17-10-4-2-3-9(13(15)19)12(10)18-14/h2-7H,1H3,(H2,15,19)(H,17,18). The summed E-state index contributed by atoms with van der Waals surface area (Å²) in [6.45, 7) is 0. The summed E-state index contributed by atoms with van der Waals surface area (Å²) in [6, 6.07) is 8.84. The Labute approximate surface area is 114 Å². The Morgan fingerprint density at radius 2 is 2.20 bits per heavy atom. The van der Waals surface area contributed by atoms with Gasteiger partial charge in [-0.3, -0.25) is 4.79 Å². The summed E-state index contributed by atoms with van der Waals surface area (Å²) in [5, 5.41) is 0. The molecule has 0 radical (unpaired) electrons. The van der Waals surface area contributed by atoms with Gasteiger partial charge in [-0.1, -0.05) is 6.07 Å². The Morgan fingerprint density at radius 1 is 1.35 bits per heavy atom. The highest BCUT2D eigenvalue weighted by atomic mass is 16.5. The molecule has 1 amide bonds. The van der Waals surface area contributed by atoms with Gasteiger partial charge in [-0.2, -0.15) is 0 Å². The maximum absolute atomic E-state index is 11.4. The first kappa shape index (κ1) is 12.2. The van der Waals surface area contributed by atoms with Crippen molar-refractivity contribution >= 4 is 16.9 Å². The molecule has 6 nitrogen and oxygen atoms in total. The topological polar surface area (TPSA) is 93.9 Å². The third kappa shape index (κ3) is 1.97. The molecular weight excluding hydrogens is 256 g/mol. The zero-order valence-corrected chi connectivity index (χ0v) is 10.8. The highest BCUT2D eigenvalue weighted by Gasteiger charge is 2.12. The van der Waals surface area contributed by atoms with E-state index < -0.39 is 5.91 Å². The Bertz CT molecular complexity index is 795. The van der Waals surface area contributed by atoms with Crippen molar-refractivity contribution < 1.29 is 9.53 Å². The zero-order chi connectivity index (χ0) is 14.1. The van der Waals surface area contributed by atoms with Crippen molar-refractivity contribution in [1.82, 2.24) is 15.0 Å². The first-order chi connectivity index (χ1) is 9.69. The third-order valence-corrected chi connectivity index (χ3v) is 3.00. The lowest BCUT2D eigenvalue weighted by atomic mass is 10.2. The number of para-hydroxylation sites is 1. The Kier molecular flexibility index (Phi) is 2.83. The van der Waals surface area contributed by atoms with Gasteiger partial charge in [0.25, 0.3) is 5.91 Å². The summed E-state index contributed by atoms with van der Waals surface area (Å²) in [5.41, 5.74) is 7.89. The molecule has 0 fully saturated rings. The third-order valence-electron chi connectivity index (χ3n) is 3.00. The number of rotatable bonds is 3. The van der Waals surface area contributed by atoms with Crippen LogP contribution in [0.1, 0.15) is 10.4 Å². The van der Waals surface area contributed by atoms with Gasteiger partial charge < -0.3 is 15.5 Å². The molecular formula is C14H12N4O2. The van der Waals surface area contributed by atoms with Gasteiger partial charge in [0.15, 0.2) is 0 Å². The number of methoxy groups -OCH3 is 1. The first-order valence-corrected chi connectivity index (χ1v) is 5.98. The first-order valence-electron chi connectivity index (χ1n) is 5.98. The highest BCUT2D eigenvalue weighted by Crippen LogP contribution is 2.24. The molecule has 3 rings (SSSR count). The molecule has 0 saturated carbocycles.